The van der Waals surface area contributed by atoms with Crippen LogP contribution in [0.5, 0.6) is 0 Å². The third-order valence-electron chi connectivity index (χ3n) is 4.16. The number of amides is 1. The molecule has 1 amide bonds. The van der Waals surface area contributed by atoms with Crippen molar-refractivity contribution in [2.45, 2.75) is 46.6 Å². The van der Waals surface area contributed by atoms with Crippen LogP contribution in [0.3, 0.4) is 0 Å². The van der Waals surface area contributed by atoms with E-state index in [1.165, 1.54) is 0 Å². The summed E-state index contributed by atoms with van der Waals surface area (Å²) in [7, 11) is 0. The van der Waals surface area contributed by atoms with E-state index < -0.39 is 0 Å². The second-order valence-electron chi connectivity index (χ2n) is 6.93. The number of para-hydroxylation sites is 2. The number of aryl methyl sites for hydroxylation is 1. The minimum absolute atomic E-state index is 0.132. The first-order valence-electron chi connectivity index (χ1n) is 8.59. The van der Waals surface area contributed by atoms with Crippen LogP contribution in [-0.4, -0.2) is 20.9 Å². The molecule has 1 aromatic carbocycles. The van der Waals surface area contributed by atoms with Crippen LogP contribution in [0.4, 0.5) is 0 Å². The molecule has 1 unspecified atom stereocenters. The molecule has 2 aromatic heterocycles. The van der Waals surface area contributed by atoms with Crippen molar-refractivity contribution in [2.24, 2.45) is 5.92 Å². The number of carbonyl (C=O) groups excluding carboxylic acids is 1. The Balaban J connectivity index is 1.91. The van der Waals surface area contributed by atoms with Gasteiger partial charge in [0, 0.05) is 4.88 Å². The first-order chi connectivity index (χ1) is 11.9. The fourth-order valence-electron chi connectivity index (χ4n) is 2.88. The van der Waals surface area contributed by atoms with E-state index >= 15 is 0 Å². The number of carbonyl (C=O) groups is 1. The van der Waals surface area contributed by atoms with E-state index in [2.05, 4.69) is 48.0 Å². The second-order valence-corrected chi connectivity index (χ2v) is 8.17. The van der Waals surface area contributed by atoms with E-state index in [1.807, 2.05) is 31.2 Å². The number of H-pyrrole nitrogens is 1. The Labute approximate surface area is 151 Å². The standard InChI is InChI=1S/C19H24N4OS/c1-10(2)15(18-21-13-8-6-7-9-14(13)22-18)23-19(24)16-17(11(3)4)25-12(5)20-16/h6-11,15H,1-5H3,(H,21,22)(H,23,24). The lowest BCUT2D eigenvalue weighted by atomic mass is 10.0. The summed E-state index contributed by atoms with van der Waals surface area (Å²) >= 11 is 1.59. The number of thiazole rings is 1. The summed E-state index contributed by atoms with van der Waals surface area (Å²) in [5, 5.41) is 4.05. The van der Waals surface area contributed by atoms with Crippen LogP contribution in [0.1, 0.15) is 65.9 Å². The van der Waals surface area contributed by atoms with Crippen molar-refractivity contribution in [3.05, 3.63) is 45.7 Å². The van der Waals surface area contributed by atoms with Gasteiger partial charge < -0.3 is 10.3 Å². The third kappa shape index (κ3) is 3.58. The van der Waals surface area contributed by atoms with E-state index in [0.717, 1.165) is 26.7 Å². The molecule has 2 heterocycles. The van der Waals surface area contributed by atoms with E-state index in [9.17, 15) is 4.79 Å². The fourth-order valence-corrected chi connectivity index (χ4v) is 3.80. The molecule has 0 aliphatic heterocycles. The molecule has 0 aliphatic carbocycles. The number of imidazole rings is 1. The number of benzene rings is 1. The molecule has 0 spiro atoms. The van der Waals surface area contributed by atoms with Crippen molar-refractivity contribution in [1.82, 2.24) is 20.3 Å². The van der Waals surface area contributed by atoms with Crippen molar-refractivity contribution < 1.29 is 4.79 Å². The van der Waals surface area contributed by atoms with Crippen LogP contribution in [0.15, 0.2) is 24.3 Å². The van der Waals surface area contributed by atoms with Crippen molar-refractivity contribution in [1.29, 1.82) is 0 Å². The number of aromatic nitrogens is 3. The van der Waals surface area contributed by atoms with Gasteiger partial charge in [-0.2, -0.15) is 0 Å². The van der Waals surface area contributed by atoms with E-state index in [-0.39, 0.29) is 23.8 Å². The Morgan fingerprint density at radius 1 is 1.16 bits per heavy atom. The quantitative estimate of drug-likeness (QED) is 0.703. The number of fused-ring (bicyclic) bond motifs is 1. The molecule has 0 bridgehead atoms. The number of aromatic amines is 1. The molecule has 6 heteroatoms. The third-order valence-corrected chi connectivity index (χ3v) is 5.43. The van der Waals surface area contributed by atoms with Crippen molar-refractivity contribution in [3.63, 3.8) is 0 Å². The van der Waals surface area contributed by atoms with Gasteiger partial charge in [0.05, 0.1) is 22.1 Å². The Bertz CT molecular complexity index is 861. The smallest absolute Gasteiger partial charge is 0.271 e. The summed E-state index contributed by atoms with van der Waals surface area (Å²) < 4.78 is 0. The highest BCUT2D eigenvalue weighted by Crippen LogP contribution is 2.28. The molecule has 3 aromatic rings. The van der Waals surface area contributed by atoms with Gasteiger partial charge in [0.25, 0.3) is 5.91 Å². The predicted octanol–water partition coefficient (Wildman–Crippen LogP) is 4.58. The molecule has 1 atom stereocenters. The molecular formula is C19H24N4OS. The predicted molar refractivity (Wildman–Crippen MR) is 102 cm³/mol. The van der Waals surface area contributed by atoms with Gasteiger partial charge in [-0.05, 0) is 30.9 Å². The number of hydrogen-bond donors (Lipinski definition) is 2. The van der Waals surface area contributed by atoms with Gasteiger partial charge in [0.2, 0.25) is 0 Å². The first kappa shape index (κ1) is 17.6. The molecule has 132 valence electrons. The molecule has 0 aliphatic rings. The second kappa shape index (κ2) is 6.96. The highest BCUT2D eigenvalue weighted by molar-refractivity contribution is 7.12. The molecule has 5 nitrogen and oxygen atoms in total. The SMILES string of the molecule is Cc1nc(C(=O)NC(c2nc3ccccc3[nH]2)C(C)C)c(C(C)C)s1. The summed E-state index contributed by atoms with van der Waals surface area (Å²) in [6, 6.07) is 7.70. The molecule has 3 rings (SSSR count). The zero-order valence-corrected chi connectivity index (χ0v) is 16.1. The maximum atomic E-state index is 12.9. The average molecular weight is 356 g/mol. The number of rotatable bonds is 5. The number of nitrogens with one attached hydrogen (secondary N) is 2. The summed E-state index contributed by atoms with van der Waals surface area (Å²) in [6.07, 6.45) is 0. The van der Waals surface area contributed by atoms with E-state index in [1.54, 1.807) is 11.3 Å². The molecule has 25 heavy (non-hydrogen) atoms. The molecule has 0 fully saturated rings. The van der Waals surface area contributed by atoms with Gasteiger partial charge in [0.1, 0.15) is 11.5 Å². The Kier molecular flexibility index (Phi) is 4.90. The van der Waals surface area contributed by atoms with Gasteiger partial charge in [0.15, 0.2) is 0 Å². The topological polar surface area (TPSA) is 70.7 Å². The summed E-state index contributed by atoms with van der Waals surface area (Å²) in [6.45, 7) is 10.3. The van der Waals surface area contributed by atoms with Gasteiger partial charge in [-0.25, -0.2) is 9.97 Å². The molecular weight excluding hydrogens is 332 g/mol. The van der Waals surface area contributed by atoms with Crippen LogP contribution in [0.2, 0.25) is 0 Å². The summed E-state index contributed by atoms with van der Waals surface area (Å²) in [5.41, 5.74) is 2.42. The summed E-state index contributed by atoms with van der Waals surface area (Å²) in [4.78, 5) is 26.4. The Hall–Kier alpha value is -2.21. The van der Waals surface area contributed by atoms with Gasteiger partial charge in [-0.3, -0.25) is 4.79 Å². The lowest BCUT2D eigenvalue weighted by Crippen LogP contribution is -2.33. The van der Waals surface area contributed by atoms with Crippen LogP contribution in [0.25, 0.3) is 11.0 Å². The molecule has 2 N–H and O–H groups in total. The molecule has 0 saturated carbocycles. The number of nitrogens with zero attached hydrogens (tertiary/aromatic N) is 2. The normalized spacial score (nSPS) is 12.9. The monoisotopic (exact) mass is 356 g/mol. The van der Waals surface area contributed by atoms with Crippen LogP contribution >= 0.6 is 11.3 Å². The van der Waals surface area contributed by atoms with Gasteiger partial charge >= 0.3 is 0 Å². The minimum Gasteiger partial charge on any atom is -0.340 e. The molecule has 0 radical (unpaired) electrons. The maximum absolute atomic E-state index is 12.9. The van der Waals surface area contributed by atoms with Crippen molar-refractivity contribution in [2.75, 3.05) is 0 Å². The Morgan fingerprint density at radius 2 is 1.88 bits per heavy atom. The highest BCUT2D eigenvalue weighted by Gasteiger charge is 2.26. The first-order valence-corrected chi connectivity index (χ1v) is 9.41. The van der Waals surface area contributed by atoms with Crippen LogP contribution < -0.4 is 5.32 Å². The maximum Gasteiger partial charge on any atom is 0.271 e. The van der Waals surface area contributed by atoms with Gasteiger partial charge in [-0.15, -0.1) is 11.3 Å². The fraction of sp³-hybridized carbons (Fsp3) is 0.421. The zero-order chi connectivity index (χ0) is 18.1. The number of hydrogen-bond acceptors (Lipinski definition) is 4. The minimum atomic E-state index is -0.193. The lowest BCUT2D eigenvalue weighted by Gasteiger charge is -2.20. The van der Waals surface area contributed by atoms with E-state index in [0.29, 0.717) is 5.69 Å². The Morgan fingerprint density at radius 3 is 2.52 bits per heavy atom. The molecule has 0 saturated heterocycles. The van der Waals surface area contributed by atoms with Gasteiger partial charge in [-0.1, -0.05) is 39.8 Å². The van der Waals surface area contributed by atoms with E-state index in [4.69, 9.17) is 0 Å². The average Bonchev–Trinajstić information content (AvgIpc) is 3.15. The zero-order valence-electron chi connectivity index (χ0n) is 15.3. The largest absolute Gasteiger partial charge is 0.340 e. The van der Waals surface area contributed by atoms with Crippen molar-refractivity contribution >= 4 is 28.3 Å². The van der Waals surface area contributed by atoms with Crippen LogP contribution in [-0.2, 0) is 0 Å². The highest BCUT2D eigenvalue weighted by atomic mass is 32.1. The van der Waals surface area contributed by atoms with Crippen LogP contribution in [0, 0.1) is 12.8 Å². The lowest BCUT2D eigenvalue weighted by molar-refractivity contribution is 0.0917. The van der Waals surface area contributed by atoms with Crippen molar-refractivity contribution in [3.8, 4) is 0 Å². The summed E-state index contributed by atoms with van der Waals surface area (Å²) in [5.74, 6) is 1.12.